The average molecular weight is 281 g/mol. The van der Waals surface area contributed by atoms with Gasteiger partial charge in [-0.3, -0.25) is 4.98 Å². The molecule has 0 atom stereocenters. The minimum atomic E-state index is -0.868. The molecule has 4 nitrogen and oxygen atoms in total. The van der Waals surface area contributed by atoms with Crippen molar-refractivity contribution >= 4 is 21.9 Å². The molecule has 0 aliphatic carbocycles. The Morgan fingerprint density at radius 3 is 2.52 bits per heavy atom. The van der Waals surface area contributed by atoms with E-state index >= 15 is 0 Å². The number of hydrogen-bond donors (Lipinski definition) is 1. The van der Waals surface area contributed by atoms with Gasteiger partial charge in [0, 0.05) is 40.9 Å². The van der Waals surface area contributed by atoms with Crippen molar-refractivity contribution in [1.82, 2.24) is 19.9 Å². The molecule has 0 amide bonds. The van der Waals surface area contributed by atoms with Gasteiger partial charge in [-0.05, 0) is 18.2 Å². The van der Waals surface area contributed by atoms with Gasteiger partial charge in [0.1, 0.15) is 5.65 Å². The zero-order chi connectivity index (χ0) is 14.4. The van der Waals surface area contributed by atoms with Gasteiger partial charge in [-0.15, -0.1) is 0 Å². The summed E-state index contributed by atoms with van der Waals surface area (Å²) < 4.78 is 26.4. The molecule has 0 radical (unpaired) electrons. The standard InChI is InChI=1S/C15H8F2N4/c16-13-5-8(6-14(17)21-13)11-2-1-9-10-7-18-4-3-12(10)20-15(9)19-11/h1-7H,(H,19,20)/i16-1,17+0. The van der Waals surface area contributed by atoms with E-state index in [2.05, 4.69) is 19.9 Å². The van der Waals surface area contributed by atoms with E-state index in [1.54, 1.807) is 18.5 Å². The van der Waals surface area contributed by atoms with E-state index in [1.165, 1.54) is 0 Å². The number of nitrogens with one attached hydrogen (secondary N) is 1. The van der Waals surface area contributed by atoms with Gasteiger partial charge in [0.25, 0.3) is 0 Å². The SMILES string of the molecule is [18F]c1cc(-c2ccc3c(n2)[nH]c2ccncc23)cc([19F])n1. The van der Waals surface area contributed by atoms with Crippen molar-refractivity contribution in [3.8, 4) is 11.3 Å². The first-order valence-electron chi connectivity index (χ1n) is 6.26. The van der Waals surface area contributed by atoms with Crippen LogP contribution in [0.4, 0.5) is 8.78 Å². The largest absolute Gasteiger partial charge is 0.339 e. The predicted octanol–water partition coefficient (Wildman–Crippen LogP) is 3.45. The zero-order valence-electron chi connectivity index (χ0n) is 10.6. The maximum absolute atomic E-state index is 13.2. The average Bonchev–Trinajstić information content (AvgIpc) is 2.83. The Labute approximate surface area is 117 Å². The summed E-state index contributed by atoms with van der Waals surface area (Å²) in [6.45, 7) is 0. The van der Waals surface area contributed by atoms with E-state index in [9.17, 15) is 8.78 Å². The Bertz CT molecular complexity index is 958. The molecule has 4 heterocycles. The van der Waals surface area contributed by atoms with E-state index in [0.717, 1.165) is 28.4 Å². The molecule has 0 saturated heterocycles. The first kappa shape index (κ1) is 11.9. The predicted molar refractivity (Wildman–Crippen MR) is 74.5 cm³/mol. The van der Waals surface area contributed by atoms with Crippen LogP contribution in [0.25, 0.3) is 33.2 Å². The highest BCUT2D eigenvalue weighted by atomic mass is 19.1. The molecule has 0 unspecified atom stereocenters. The highest BCUT2D eigenvalue weighted by molar-refractivity contribution is 6.05. The second-order valence-corrected chi connectivity index (χ2v) is 4.64. The lowest BCUT2D eigenvalue weighted by Crippen LogP contribution is -1.91. The highest BCUT2D eigenvalue weighted by Crippen LogP contribution is 2.26. The fourth-order valence-electron chi connectivity index (χ4n) is 2.39. The lowest BCUT2D eigenvalue weighted by Gasteiger charge is -2.01. The van der Waals surface area contributed by atoms with Gasteiger partial charge in [-0.1, -0.05) is 0 Å². The lowest BCUT2D eigenvalue weighted by molar-refractivity contribution is 0.513. The summed E-state index contributed by atoms with van der Waals surface area (Å²) in [5.74, 6) is -1.74. The Morgan fingerprint density at radius 1 is 0.905 bits per heavy atom. The fraction of sp³-hybridized carbons (Fsp3) is 0. The number of fused-ring (bicyclic) bond motifs is 3. The minimum absolute atomic E-state index is 0.346. The molecule has 4 aromatic heterocycles. The van der Waals surface area contributed by atoms with Crippen LogP contribution < -0.4 is 0 Å². The Balaban J connectivity index is 1.96. The monoisotopic (exact) mass is 281 g/mol. The molecule has 0 aliphatic heterocycles. The lowest BCUT2D eigenvalue weighted by atomic mass is 10.1. The van der Waals surface area contributed by atoms with Crippen molar-refractivity contribution in [3.63, 3.8) is 0 Å². The van der Waals surface area contributed by atoms with E-state index in [4.69, 9.17) is 0 Å². The van der Waals surface area contributed by atoms with Crippen molar-refractivity contribution < 1.29 is 8.78 Å². The summed E-state index contributed by atoms with van der Waals surface area (Å²) in [5, 5.41) is 1.87. The van der Waals surface area contributed by atoms with E-state index < -0.39 is 11.9 Å². The molecular weight excluding hydrogens is 273 g/mol. The maximum Gasteiger partial charge on any atom is 0.216 e. The summed E-state index contributed by atoms with van der Waals surface area (Å²) in [4.78, 5) is 14.7. The van der Waals surface area contributed by atoms with Gasteiger partial charge >= 0.3 is 0 Å². The van der Waals surface area contributed by atoms with Gasteiger partial charge in [0.15, 0.2) is 0 Å². The smallest absolute Gasteiger partial charge is 0.216 e. The third-order valence-corrected chi connectivity index (χ3v) is 3.32. The van der Waals surface area contributed by atoms with Crippen LogP contribution in [-0.4, -0.2) is 19.9 Å². The van der Waals surface area contributed by atoms with Crippen molar-refractivity contribution in [2.45, 2.75) is 0 Å². The second-order valence-electron chi connectivity index (χ2n) is 4.64. The number of nitrogens with zero attached hydrogens (tertiary/aromatic N) is 3. The van der Waals surface area contributed by atoms with Gasteiger partial charge in [0.05, 0.1) is 11.2 Å². The number of pyridine rings is 3. The number of aromatic nitrogens is 4. The van der Waals surface area contributed by atoms with Crippen LogP contribution in [0.15, 0.2) is 42.7 Å². The Morgan fingerprint density at radius 2 is 1.71 bits per heavy atom. The van der Waals surface area contributed by atoms with Crippen LogP contribution >= 0.6 is 0 Å². The normalized spacial score (nSPS) is 11.3. The van der Waals surface area contributed by atoms with Crippen molar-refractivity contribution in [2.75, 3.05) is 0 Å². The van der Waals surface area contributed by atoms with Gasteiger partial charge in [-0.25, -0.2) is 4.98 Å². The summed E-state index contributed by atoms with van der Waals surface area (Å²) in [6.07, 6.45) is 3.44. The van der Waals surface area contributed by atoms with Crippen molar-refractivity contribution in [1.29, 1.82) is 0 Å². The van der Waals surface area contributed by atoms with Crippen molar-refractivity contribution in [2.24, 2.45) is 0 Å². The summed E-state index contributed by atoms with van der Waals surface area (Å²) in [5.41, 5.74) is 2.38. The van der Waals surface area contributed by atoms with Crippen LogP contribution in [0.2, 0.25) is 0 Å². The number of aromatic amines is 1. The van der Waals surface area contributed by atoms with Gasteiger partial charge in [0.2, 0.25) is 11.9 Å². The first-order valence-corrected chi connectivity index (χ1v) is 6.26. The highest BCUT2D eigenvalue weighted by Gasteiger charge is 2.09. The topological polar surface area (TPSA) is 54.5 Å². The van der Waals surface area contributed by atoms with Gasteiger partial charge in [-0.2, -0.15) is 13.8 Å². The third-order valence-electron chi connectivity index (χ3n) is 3.32. The quantitative estimate of drug-likeness (QED) is 0.544. The molecule has 21 heavy (non-hydrogen) atoms. The molecule has 102 valence electrons. The third kappa shape index (κ3) is 1.92. The molecule has 4 aromatic rings. The fourth-order valence-corrected chi connectivity index (χ4v) is 2.39. The minimum Gasteiger partial charge on any atom is -0.339 e. The molecule has 0 fully saturated rings. The zero-order valence-corrected chi connectivity index (χ0v) is 10.6. The number of halogens is 2. The summed E-state index contributed by atoms with van der Waals surface area (Å²) in [7, 11) is 0. The Hall–Kier alpha value is -2.89. The van der Waals surface area contributed by atoms with E-state index in [-0.39, 0.29) is 0 Å². The van der Waals surface area contributed by atoms with E-state index in [1.807, 2.05) is 12.1 Å². The van der Waals surface area contributed by atoms with Crippen LogP contribution in [0, 0.1) is 11.9 Å². The molecule has 0 spiro atoms. The summed E-state index contributed by atoms with van der Waals surface area (Å²) in [6, 6.07) is 7.73. The molecule has 4 rings (SSSR count). The van der Waals surface area contributed by atoms with Crippen molar-refractivity contribution in [3.05, 3.63) is 54.6 Å². The molecular formula is C15H8F2N4. The molecule has 0 aromatic carbocycles. The number of rotatable bonds is 1. The van der Waals surface area contributed by atoms with E-state index in [0.29, 0.717) is 16.9 Å². The molecule has 1 N–H and O–H groups in total. The molecule has 0 aliphatic rings. The molecule has 0 bridgehead atoms. The van der Waals surface area contributed by atoms with Crippen LogP contribution in [0.3, 0.4) is 0 Å². The second kappa shape index (κ2) is 4.31. The first-order chi connectivity index (χ1) is 10.2. The number of hydrogen-bond acceptors (Lipinski definition) is 3. The molecule has 6 heteroatoms. The molecule has 0 saturated carbocycles. The van der Waals surface area contributed by atoms with Crippen LogP contribution in [0.1, 0.15) is 0 Å². The van der Waals surface area contributed by atoms with Crippen LogP contribution in [0.5, 0.6) is 0 Å². The summed E-state index contributed by atoms with van der Waals surface area (Å²) >= 11 is 0. The number of H-pyrrole nitrogens is 1. The Kier molecular flexibility index (Phi) is 2.44. The van der Waals surface area contributed by atoms with Gasteiger partial charge < -0.3 is 4.98 Å². The maximum atomic E-state index is 13.2. The van der Waals surface area contributed by atoms with Crippen LogP contribution in [-0.2, 0) is 0 Å².